The van der Waals surface area contributed by atoms with E-state index in [1.54, 1.807) is 0 Å². The van der Waals surface area contributed by atoms with Crippen LogP contribution in [-0.2, 0) is 11.3 Å². The fourth-order valence-electron chi connectivity index (χ4n) is 2.51. The molecular weight excluding hydrogens is 240 g/mol. The number of ether oxygens (including phenoxy) is 2. The topological polar surface area (TPSA) is 47.7 Å². The van der Waals surface area contributed by atoms with Crippen LogP contribution < -0.4 is 10.5 Å². The Balaban J connectivity index is 1.97. The maximum absolute atomic E-state index is 5.86. The third-order valence-corrected chi connectivity index (χ3v) is 3.36. The highest BCUT2D eigenvalue weighted by Crippen LogP contribution is 2.23. The first-order valence-corrected chi connectivity index (χ1v) is 7.00. The predicted molar refractivity (Wildman–Crippen MR) is 77.3 cm³/mol. The van der Waals surface area contributed by atoms with Crippen LogP contribution >= 0.6 is 0 Å². The zero-order valence-corrected chi connectivity index (χ0v) is 11.9. The fraction of sp³-hybridized carbons (Fsp3) is 0.600. The maximum atomic E-state index is 5.86. The van der Waals surface area contributed by atoms with E-state index < -0.39 is 0 Å². The summed E-state index contributed by atoms with van der Waals surface area (Å²) in [7, 11) is 2.11. The largest absolute Gasteiger partial charge is 0.494 e. The van der Waals surface area contributed by atoms with E-state index >= 15 is 0 Å². The molecule has 4 nitrogen and oxygen atoms in total. The standard InChI is InChI=1S/C15H24N2O2/c1-3-18-15-7-6-13(16)9-12(15)10-17(2)11-14-5-4-8-19-14/h6-7,9,14H,3-5,8,10-11,16H2,1-2H3. The molecule has 2 rings (SSSR count). The van der Waals surface area contributed by atoms with E-state index in [1.807, 2.05) is 25.1 Å². The molecule has 0 amide bonds. The number of likely N-dealkylation sites (N-methyl/N-ethyl adjacent to an activating group) is 1. The van der Waals surface area contributed by atoms with Crippen molar-refractivity contribution in [1.29, 1.82) is 0 Å². The van der Waals surface area contributed by atoms with Crippen molar-refractivity contribution in [1.82, 2.24) is 4.90 Å². The first-order chi connectivity index (χ1) is 9.19. The smallest absolute Gasteiger partial charge is 0.123 e. The van der Waals surface area contributed by atoms with Crippen LogP contribution in [0.4, 0.5) is 5.69 Å². The van der Waals surface area contributed by atoms with Crippen molar-refractivity contribution in [2.45, 2.75) is 32.4 Å². The summed E-state index contributed by atoms with van der Waals surface area (Å²) in [4.78, 5) is 2.27. The van der Waals surface area contributed by atoms with Gasteiger partial charge in [0.1, 0.15) is 5.75 Å². The third kappa shape index (κ3) is 4.11. The quantitative estimate of drug-likeness (QED) is 0.801. The molecule has 1 atom stereocenters. The van der Waals surface area contributed by atoms with E-state index in [-0.39, 0.29) is 0 Å². The maximum Gasteiger partial charge on any atom is 0.123 e. The lowest BCUT2D eigenvalue weighted by molar-refractivity contribution is 0.0790. The number of hydrogen-bond acceptors (Lipinski definition) is 4. The lowest BCUT2D eigenvalue weighted by atomic mass is 10.1. The Morgan fingerprint density at radius 1 is 1.47 bits per heavy atom. The Kier molecular flexibility index (Phi) is 5.05. The van der Waals surface area contributed by atoms with Crippen LogP contribution in [0.1, 0.15) is 25.3 Å². The summed E-state index contributed by atoms with van der Waals surface area (Å²) in [5.74, 6) is 0.927. The van der Waals surface area contributed by atoms with Crippen molar-refractivity contribution in [2.75, 3.05) is 32.5 Å². The van der Waals surface area contributed by atoms with Gasteiger partial charge in [0.05, 0.1) is 12.7 Å². The third-order valence-electron chi connectivity index (χ3n) is 3.36. The Bertz CT molecular complexity index is 403. The van der Waals surface area contributed by atoms with Gasteiger partial charge in [-0.1, -0.05) is 0 Å². The molecule has 0 aliphatic carbocycles. The zero-order chi connectivity index (χ0) is 13.7. The van der Waals surface area contributed by atoms with Crippen LogP contribution in [0, 0.1) is 0 Å². The summed E-state index contributed by atoms with van der Waals surface area (Å²) in [5.41, 5.74) is 7.79. The summed E-state index contributed by atoms with van der Waals surface area (Å²) >= 11 is 0. The Morgan fingerprint density at radius 2 is 2.32 bits per heavy atom. The van der Waals surface area contributed by atoms with Gasteiger partial charge in [-0.2, -0.15) is 0 Å². The van der Waals surface area contributed by atoms with Crippen LogP contribution in [-0.4, -0.2) is 37.8 Å². The number of benzene rings is 1. The second kappa shape index (κ2) is 6.78. The minimum Gasteiger partial charge on any atom is -0.494 e. The Hall–Kier alpha value is -1.26. The van der Waals surface area contributed by atoms with Crippen molar-refractivity contribution < 1.29 is 9.47 Å². The molecule has 1 saturated heterocycles. The van der Waals surface area contributed by atoms with Gasteiger partial charge in [-0.25, -0.2) is 0 Å². The fourth-order valence-corrected chi connectivity index (χ4v) is 2.51. The van der Waals surface area contributed by atoms with Crippen molar-refractivity contribution in [2.24, 2.45) is 0 Å². The molecule has 1 fully saturated rings. The van der Waals surface area contributed by atoms with Crippen molar-refractivity contribution in [3.05, 3.63) is 23.8 Å². The first-order valence-electron chi connectivity index (χ1n) is 7.00. The molecule has 0 saturated carbocycles. The second-order valence-electron chi connectivity index (χ2n) is 5.13. The Morgan fingerprint density at radius 3 is 3.00 bits per heavy atom. The molecule has 1 aliphatic rings. The van der Waals surface area contributed by atoms with Crippen LogP contribution in [0.5, 0.6) is 5.75 Å². The summed E-state index contributed by atoms with van der Waals surface area (Å²) < 4.78 is 11.3. The van der Waals surface area contributed by atoms with Gasteiger partial charge in [0.2, 0.25) is 0 Å². The van der Waals surface area contributed by atoms with Gasteiger partial charge >= 0.3 is 0 Å². The molecule has 0 bridgehead atoms. The molecule has 1 aliphatic heterocycles. The highest BCUT2D eigenvalue weighted by molar-refractivity contribution is 5.47. The van der Waals surface area contributed by atoms with Crippen molar-refractivity contribution in [3.63, 3.8) is 0 Å². The van der Waals surface area contributed by atoms with Crippen LogP contribution in [0.25, 0.3) is 0 Å². The van der Waals surface area contributed by atoms with Gasteiger partial charge in [0.15, 0.2) is 0 Å². The molecule has 0 radical (unpaired) electrons. The van der Waals surface area contributed by atoms with Crippen molar-refractivity contribution >= 4 is 5.69 Å². The lowest BCUT2D eigenvalue weighted by Crippen LogP contribution is -2.28. The number of rotatable bonds is 6. The van der Waals surface area contributed by atoms with Crippen LogP contribution in [0.15, 0.2) is 18.2 Å². The van der Waals surface area contributed by atoms with Gasteiger partial charge in [0.25, 0.3) is 0 Å². The molecule has 4 heteroatoms. The average molecular weight is 264 g/mol. The lowest BCUT2D eigenvalue weighted by Gasteiger charge is -2.22. The normalized spacial score (nSPS) is 19.0. The van der Waals surface area contributed by atoms with E-state index in [2.05, 4.69) is 11.9 Å². The highest BCUT2D eigenvalue weighted by atomic mass is 16.5. The molecule has 0 spiro atoms. The number of nitrogen functional groups attached to an aromatic ring is 1. The molecular formula is C15H24N2O2. The van der Waals surface area contributed by atoms with Gasteiger partial charge in [-0.05, 0) is 45.0 Å². The summed E-state index contributed by atoms with van der Waals surface area (Å²) in [6, 6.07) is 5.83. The number of anilines is 1. The molecule has 19 heavy (non-hydrogen) atoms. The zero-order valence-electron chi connectivity index (χ0n) is 11.9. The van der Waals surface area contributed by atoms with Gasteiger partial charge in [-0.15, -0.1) is 0 Å². The molecule has 1 unspecified atom stereocenters. The summed E-state index contributed by atoms with van der Waals surface area (Å²) in [5, 5.41) is 0. The van der Waals surface area contributed by atoms with Crippen molar-refractivity contribution in [3.8, 4) is 5.75 Å². The number of nitrogens with two attached hydrogens (primary N) is 1. The summed E-state index contributed by atoms with van der Waals surface area (Å²) in [6.07, 6.45) is 2.72. The predicted octanol–water partition coefficient (Wildman–Crippen LogP) is 2.28. The minimum absolute atomic E-state index is 0.376. The van der Waals surface area contributed by atoms with Crippen LogP contribution in [0.3, 0.4) is 0 Å². The molecule has 2 N–H and O–H groups in total. The SMILES string of the molecule is CCOc1ccc(N)cc1CN(C)CC1CCCO1. The number of hydrogen-bond donors (Lipinski definition) is 1. The molecule has 1 heterocycles. The monoisotopic (exact) mass is 264 g/mol. The number of nitrogens with zero attached hydrogens (tertiary/aromatic N) is 1. The molecule has 1 aromatic carbocycles. The van der Waals surface area contributed by atoms with Gasteiger partial charge in [-0.3, -0.25) is 4.90 Å². The molecule has 0 aromatic heterocycles. The van der Waals surface area contributed by atoms with E-state index in [1.165, 1.54) is 12.8 Å². The van der Waals surface area contributed by atoms with E-state index in [0.29, 0.717) is 12.7 Å². The highest BCUT2D eigenvalue weighted by Gasteiger charge is 2.18. The van der Waals surface area contributed by atoms with Gasteiger partial charge in [0, 0.05) is 30.9 Å². The van der Waals surface area contributed by atoms with E-state index in [0.717, 1.165) is 36.7 Å². The summed E-state index contributed by atoms with van der Waals surface area (Å²) in [6.45, 7) is 5.37. The second-order valence-corrected chi connectivity index (χ2v) is 5.13. The molecule has 1 aromatic rings. The van der Waals surface area contributed by atoms with E-state index in [4.69, 9.17) is 15.2 Å². The minimum atomic E-state index is 0.376. The van der Waals surface area contributed by atoms with Crippen LogP contribution in [0.2, 0.25) is 0 Å². The van der Waals surface area contributed by atoms with Gasteiger partial charge < -0.3 is 15.2 Å². The molecule has 106 valence electrons. The first kappa shape index (κ1) is 14.2. The Labute approximate surface area is 115 Å². The average Bonchev–Trinajstić information content (AvgIpc) is 2.85. The van der Waals surface area contributed by atoms with E-state index in [9.17, 15) is 0 Å².